The van der Waals surface area contributed by atoms with Crippen molar-refractivity contribution in [2.24, 2.45) is 0 Å². The number of hydrogen-bond acceptors (Lipinski definition) is 3. The van der Waals surface area contributed by atoms with E-state index in [2.05, 4.69) is 10.2 Å². The summed E-state index contributed by atoms with van der Waals surface area (Å²) in [5.74, 6) is 0. The van der Waals surface area contributed by atoms with E-state index in [0.29, 0.717) is 0 Å². The van der Waals surface area contributed by atoms with Gasteiger partial charge in [0.25, 0.3) is 0 Å². The fraction of sp³-hybridized carbons (Fsp3) is 0.571. The number of piperazine rings is 1. The van der Waals surface area contributed by atoms with Crippen LogP contribution in [-0.2, 0) is 0 Å². The van der Waals surface area contributed by atoms with Crippen LogP contribution in [0.1, 0.15) is 18.0 Å². The van der Waals surface area contributed by atoms with Gasteiger partial charge in [0.15, 0.2) is 0 Å². The quantitative estimate of drug-likeness (QED) is 0.838. The molecule has 0 aromatic heterocycles. The molecule has 1 aliphatic heterocycles. The molecule has 0 unspecified atom stereocenters. The van der Waals surface area contributed by atoms with Gasteiger partial charge in [0.2, 0.25) is 6.43 Å². The summed E-state index contributed by atoms with van der Waals surface area (Å²) in [6, 6.07) is 7.83. The van der Waals surface area contributed by atoms with Crippen molar-refractivity contribution < 1.29 is 8.78 Å². The molecule has 2 rings (SSSR count). The van der Waals surface area contributed by atoms with Crippen molar-refractivity contribution in [1.29, 1.82) is 0 Å². The van der Waals surface area contributed by atoms with Crippen LogP contribution in [0.5, 0.6) is 0 Å². The maximum atomic E-state index is 12.8. The van der Waals surface area contributed by atoms with E-state index in [-0.39, 0.29) is 12.5 Å². The number of nitrogens with zero attached hydrogens (tertiary/aromatic N) is 1. The van der Waals surface area contributed by atoms with Crippen molar-refractivity contribution in [3.05, 3.63) is 29.8 Å². The molecular weight excluding hydrogens is 266 g/mol. The molecule has 19 heavy (non-hydrogen) atoms. The molecule has 106 valence electrons. The minimum atomic E-state index is -2.26. The molecule has 0 aliphatic carbocycles. The van der Waals surface area contributed by atoms with Crippen LogP contribution in [-0.4, -0.2) is 43.8 Å². The van der Waals surface area contributed by atoms with E-state index >= 15 is 0 Å². The highest BCUT2D eigenvalue weighted by Crippen LogP contribution is 2.29. The largest absolute Gasteiger partial charge is 0.314 e. The molecule has 1 aliphatic rings. The van der Waals surface area contributed by atoms with Gasteiger partial charge in [-0.15, -0.1) is 11.8 Å². The molecule has 1 N–H and O–H groups in total. The zero-order chi connectivity index (χ0) is 13.7. The molecule has 0 bridgehead atoms. The number of alkyl halides is 2. The zero-order valence-electron chi connectivity index (χ0n) is 11.1. The fourth-order valence-electron chi connectivity index (χ4n) is 2.48. The fourth-order valence-corrected chi connectivity index (χ4v) is 2.89. The van der Waals surface area contributed by atoms with Crippen LogP contribution in [0.4, 0.5) is 8.78 Å². The maximum Gasteiger partial charge on any atom is 0.240 e. The van der Waals surface area contributed by atoms with Crippen LogP contribution in [0.25, 0.3) is 0 Å². The summed E-state index contributed by atoms with van der Waals surface area (Å²) in [7, 11) is 0. The van der Waals surface area contributed by atoms with Gasteiger partial charge in [-0.2, -0.15) is 0 Å². The van der Waals surface area contributed by atoms with Crippen molar-refractivity contribution >= 4 is 11.8 Å². The highest BCUT2D eigenvalue weighted by Gasteiger charge is 2.25. The average molecular weight is 286 g/mol. The first kappa shape index (κ1) is 14.8. The summed E-state index contributed by atoms with van der Waals surface area (Å²) >= 11 is 1.67. The lowest BCUT2D eigenvalue weighted by Crippen LogP contribution is -2.45. The van der Waals surface area contributed by atoms with Crippen molar-refractivity contribution in [1.82, 2.24) is 10.2 Å². The Bertz CT molecular complexity index is 378. The zero-order valence-corrected chi connectivity index (χ0v) is 11.9. The number of nitrogens with one attached hydrogen (secondary N) is 1. The molecule has 0 spiro atoms. The van der Waals surface area contributed by atoms with E-state index in [4.69, 9.17) is 0 Å². The van der Waals surface area contributed by atoms with Crippen LogP contribution in [0.15, 0.2) is 29.2 Å². The summed E-state index contributed by atoms with van der Waals surface area (Å²) in [5, 5.41) is 3.26. The van der Waals surface area contributed by atoms with Crippen molar-refractivity contribution in [3.63, 3.8) is 0 Å². The van der Waals surface area contributed by atoms with E-state index in [1.54, 1.807) is 11.8 Å². The summed E-state index contributed by atoms with van der Waals surface area (Å²) < 4.78 is 25.6. The Kier molecular flexibility index (Phi) is 5.60. The second-order valence-electron chi connectivity index (χ2n) is 4.70. The SMILES string of the molecule is CSc1ccc([C@@H](CC(F)F)N2CCNCC2)cc1. The smallest absolute Gasteiger partial charge is 0.240 e. The molecule has 1 aromatic carbocycles. The predicted octanol–water partition coefficient (Wildman–Crippen LogP) is 3.01. The van der Waals surface area contributed by atoms with Crippen LogP contribution in [0.3, 0.4) is 0 Å². The Hall–Kier alpha value is -0.650. The standard InChI is InChI=1S/C14H20F2N2S/c1-19-12-4-2-11(3-5-12)13(10-14(15)16)18-8-6-17-7-9-18/h2-5,13-14,17H,6-10H2,1H3/t13-/m1/s1. The molecule has 1 atom stereocenters. The Morgan fingerprint density at radius 2 is 1.84 bits per heavy atom. The van der Waals surface area contributed by atoms with Gasteiger partial charge in [-0.3, -0.25) is 4.90 Å². The molecular formula is C14H20F2N2S. The predicted molar refractivity (Wildman–Crippen MR) is 76.0 cm³/mol. The Morgan fingerprint density at radius 1 is 1.21 bits per heavy atom. The molecule has 1 saturated heterocycles. The highest BCUT2D eigenvalue weighted by molar-refractivity contribution is 7.98. The summed E-state index contributed by atoms with van der Waals surface area (Å²) in [5.41, 5.74) is 1.00. The minimum absolute atomic E-state index is 0.0847. The molecule has 1 aromatic rings. The van der Waals surface area contributed by atoms with Gasteiger partial charge >= 0.3 is 0 Å². The molecule has 2 nitrogen and oxygen atoms in total. The molecule has 5 heteroatoms. The van der Waals surface area contributed by atoms with E-state index in [1.807, 2.05) is 30.5 Å². The molecule has 0 saturated carbocycles. The number of thioether (sulfide) groups is 1. The van der Waals surface area contributed by atoms with Crippen molar-refractivity contribution in [2.75, 3.05) is 32.4 Å². The third kappa shape index (κ3) is 4.16. The normalized spacial score (nSPS) is 18.7. The van der Waals surface area contributed by atoms with E-state index < -0.39 is 6.43 Å². The van der Waals surface area contributed by atoms with Gasteiger partial charge in [0.1, 0.15) is 0 Å². The maximum absolute atomic E-state index is 12.8. The molecule has 1 heterocycles. The van der Waals surface area contributed by atoms with Gasteiger partial charge in [-0.1, -0.05) is 12.1 Å². The Labute approximate surface area is 117 Å². The van der Waals surface area contributed by atoms with Crippen LogP contribution in [0, 0.1) is 0 Å². The average Bonchev–Trinajstić information content (AvgIpc) is 2.46. The number of rotatable bonds is 5. The monoisotopic (exact) mass is 286 g/mol. The lowest BCUT2D eigenvalue weighted by Gasteiger charge is -2.35. The molecule has 1 fully saturated rings. The first-order chi connectivity index (χ1) is 9.20. The summed E-state index contributed by atoms with van der Waals surface area (Å²) in [6.07, 6.45) is -0.333. The highest BCUT2D eigenvalue weighted by atomic mass is 32.2. The first-order valence-corrected chi connectivity index (χ1v) is 7.80. The number of hydrogen-bond donors (Lipinski definition) is 1. The van der Waals surface area contributed by atoms with Gasteiger partial charge in [0.05, 0.1) is 0 Å². The van der Waals surface area contributed by atoms with Crippen LogP contribution < -0.4 is 5.32 Å². The van der Waals surface area contributed by atoms with Gasteiger partial charge in [-0.25, -0.2) is 8.78 Å². The number of benzene rings is 1. The van der Waals surface area contributed by atoms with Crippen LogP contribution in [0.2, 0.25) is 0 Å². The van der Waals surface area contributed by atoms with E-state index in [0.717, 1.165) is 31.7 Å². The third-order valence-electron chi connectivity index (χ3n) is 3.49. The second-order valence-corrected chi connectivity index (χ2v) is 5.58. The molecule has 0 radical (unpaired) electrons. The second kappa shape index (κ2) is 7.22. The molecule has 0 amide bonds. The van der Waals surface area contributed by atoms with E-state index in [9.17, 15) is 8.78 Å². The minimum Gasteiger partial charge on any atom is -0.314 e. The Morgan fingerprint density at radius 3 is 2.37 bits per heavy atom. The third-order valence-corrected chi connectivity index (χ3v) is 4.24. The lowest BCUT2D eigenvalue weighted by molar-refractivity contribution is 0.0739. The number of halogens is 2. The van der Waals surface area contributed by atoms with Crippen LogP contribution >= 0.6 is 11.8 Å². The van der Waals surface area contributed by atoms with Crippen molar-refractivity contribution in [2.45, 2.75) is 23.8 Å². The Balaban J connectivity index is 2.14. The first-order valence-electron chi connectivity index (χ1n) is 6.57. The summed E-state index contributed by atoms with van der Waals surface area (Å²) in [6.45, 7) is 3.43. The van der Waals surface area contributed by atoms with E-state index in [1.165, 1.54) is 4.90 Å². The topological polar surface area (TPSA) is 15.3 Å². The van der Waals surface area contributed by atoms with Crippen molar-refractivity contribution in [3.8, 4) is 0 Å². The lowest BCUT2D eigenvalue weighted by atomic mass is 10.0. The van der Waals surface area contributed by atoms with Gasteiger partial charge in [0, 0.05) is 43.5 Å². The summed E-state index contributed by atoms with van der Waals surface area (Å²) in [4.78, 5) is 3.33. The van der Waals surface area contributed by atoms with Gasteiger partial charge < -0.3 is 5.32 Å². The van der Waals surface area contributed by atoms with Gasteiger partial charge in [-0.05, 0) is 24.0 Å².